The Morgan fingerprint density at radius 1 is 1.20 bits per heavy atom. The molecule has 2 aromatic rings. The van der Waals surface area contributed by atoms with Gasteiger partial charge in [0.1, 0.15) is 5.82 Å². The number of ether oxygens (including phenoxy) is 1. The van der Waals surface area contributed by atoms with Gasteiger partial charge in [-0.1, -0.05) is 0 Å². The number of hydrogen-bond donors (Lipinski definition) is 0. The Balaban J connectivity index is 2.37. The first kappa shape index (κ1) is 9.58. The maximum Gasteiger partial charge on any atom is 0.212 e. The van der Waals surface area contributed by atoms with E-state index in [0.29, 0.717) is 11.6 Å². The molecule has 2 aromatic heterocycles. The summed E-state index contributed by atoms with van der Waals surface area (Å²) in [5.74, 6) is 0.214. The lowest BCUT2D eigenvalue weighted by Gasteiger charge is -2.01. The van der Waals surface area contributed by atoms with E-state index in [1.54, 1.807) is 25.4 Å². The Morgan fingerprint density at radius 3 is 2.67 bits per heavy atom. The Hall–Kier alpha value is -1.97. The van der Waals surface area contributed by atoms with E-state index < -0.39 is 0 Å². The van der Waals surface area contributed by atoms with Gasteiger partial charge < -0.3 is 4.74 Å². The number of pyridine rings is 2. The van der Waals surface area contributed by atoms with Crippen LogP contribution in [-0.2, 0) is 0 Å². The second-order valence-corrected chi connectivity index (χ2v) is 2.95. The summed E-state index contributed by atoms with van der Waals surface area (Å²) in [5, 5.41) is 0. The first-order chi connectivity index (χ1) is 7.29. The Labute approximate surface area is 86.6 Å². The van der Waals surface area contributed by atoms with Crippen LogP contribution in [0.3, 0.4) is 0 Å². The zero-order chi connectivity index (χ0) is 10.7. The minimum absolute atomic E-state index is 0.309. The molecule has 0 amide bonds. The Bertz CT molecular complexity index is 456. The summed E-state index contributed by atoms with van der Waals surface area (Å²) in [7, 11) is 1.54. The van der Waals surface area contributed by atoms with Gasteiger partial charge >= 0.3 is 0 Å². The molecule has 0 bridgehead atoms. The second kappa shape index (κ2) is 4.04. The molecular formula is C11H9FN2O. The van der Waals surface area contributed by atoms with Gasteiger partial charge in [-0.2, -0.15) is 0 Å². The van der Waals surface area contributed by atoms with Gasteiger partial charge in [0.15, 0.2) is 0 Å². The standard InChI is InChI=1S/C11H9FN2O/c1-15-11-3-2-8(7-14-11)10-6-9(12)4-5-13-10/h2-7H,1H3. The minimum atomic E-state index is -0.309. The second-order valence-electron chi connectivity index (χ2n) is 2.95. The van der Waals surface area contributed by atoms with Gasteiger partial charge in [-0.25, -0.2) is 9.37 Å². The first-order valence-electron chi connectivity index (χ1n) is 4.41. The molecule has 0 aliphatic heterocycles. The van der Waals surface area contributed by atoms with Crippen molar-refractivity contribution >= 4 is 0 Å². The van der Waals surface area contributed by atoms with E-state index in [-0.39, 0.29) is 5.82 Å². The van der Waals surface area contributed by atoms with Gasteiger partial charge in [0.25, 0.3) is 0 Å². The van der Waals surface area contributed by atoms with E-state index in [0.717, 1.165) is 5.56 Å². The van der Waals surface area contributed by atoms with Crippen LogP contribution in [0, 0.1) is 5.82 Å². The highest BCUT2D eigenvalue weighted by atomic mass is 19.1. The van der Waals surface area contributed by atoms with E-state index in [2.05, 4.69) is 9.97 Å². The van der Waals surface area contributed by atoms with Crippen LogP contribution in [0.25, 0.3) is 11.3 Å². The van der Waals surface area contributed by atoms with Crippen LogP contribution in [0.5, 0.6) is 5.88 Å². The highest BCUT2D eigenvalue weighted by molar-refractivity contribution is 5.57. The van der Waals surface area contributed by atoms with Gasteiger partial charge in [-0.15, -0.1) is 0 Å². The van der Waals surface area contributed by atoms with Crippen molar-refractivity contribution in [3.63, 3.8) is 0 Å². The number of aromatic nitrogens is 2. The van der Waals surface area contributed by atoms with Gasteiger partial charge in [0.2, 0.25) is 5.88 Å². The normalized spacial score (nSPS) is 10.0. The fraction of sp³-hybridized carbons (Fsp3) is 0.0909. The summed E-state index contributed by atoms with van der Waals surface area (Å²) >= 11 is 0. The van der Waals surface area contributed by atoms with Gasteiger partial charge in [0, 0.05) is 30.1 Å². The largest absolute Gasteiger partial charge is 0.481 e. The fourth-order valence-corrected chi connectivity index (χ4v) is 1.22. The van der Waals surface area contributed by atoms with Crippen LogP contribution in [0.2, 0.25) is 0 Å². The van der Waals surface area contributed by atoms with Crippen molar-refractivity contribution in [2.24, 2.45) is 0 Å². The van der Waals surface area contributed by atoms with Gasteiger partial charge in [-0.05, 0) is 12.1 Å². The predicted octanol–water partition coefficient (Wildman–Crippen LogP) is 2.29. The highest BCUT2D eigenvalue weighted by Gasteiger charge is 2.01. The molecule has 0 spiro atoms. The fourth-order valence-electron chi connectivity index (χ4n) is 1.22. The molecule has 0 radical (unpaired) electrons. The van der Waals surface area contributed by atoms with Crippen LogP contribution in [0.4, 0.5) is 4.39 Å². The molecule has 0 N–H and O–H groups in total. The molecule has 2 rings (SSSR count). The Morgan fingerprint density at radius 2 is 2.07 bits per heavy atom. The zero-order valence-corrected chi connectivity index (χ0v) is 8.14. The summed E-state index contributed by atoms with van der Waals surface area (Å²) in [6.45, 7) is 0. The van der Waals surface area contributed by atoms with Crippen molar-refractivity contribution in [3.05, 3.63) is 42.5 Å². The molecule has 3 nitrogen and oxygen atoms in total. The molecule has 0 saturated carbocycles. The molecule has 0 saturated heterocycles. The number of nitrogens with zero attached hydrogens (tertiary/aromatic N) is 2. The minimum Gasteiger partial charge on any atom is -0.481 e. The van der Waals surface area contributed by atoms with E-state index in [4.69, 9.17) is 4.74 Å². The maximum absolute atomic E-state index is 12.9. The molecule has 76 valence electrons. The number of rotatable bonds is 2. The third-order valence-electron chi connectivity index (χ3n) is 1.96. The molecule has 2 heterocycles. The molecule has 0 unspecified atom stereocenters. The average molecular weight is 204 g/mol. The third-order valence-corrected chi connectivity index (χ3v) is 1.96. The van der Waals surface area contributed by atoms with Gasteiger partial charge in [0.05, 0.1) is 12.8 Å². The molecule has 0 aliphatic rings. The predicted molar refractivity (Wildman–Crippen MR) is 54.0 cm³/mol. The van der Waals surface area contributed by atoms with Crippen molar-refractivity contribution in [2.45, 2.75) is 0 Å². The maximum atomic E-state index is 12.9. The summed E-state index contributed by atoms with van der Waals surface area (Å²) in [6, 6.07) is 6.17. The summed E-state index contributed by atoms with van der Waals surface area (Å²) in [6.07, 6.45) is 3.02. The van der Waals surface area contributed by atoms with Crippen molar-refractivity contribution < 1.29 is 9.13 Å². The SMILES string of the molecule is COc1ccc(-c2cc(F)ccn2)cn1. The highest BCUT2D eigenvalue weighted by Crippen LogP contribution is 2.18. The summed E-state index contributed by atoms with van der Waals surface area (Å²) in [4.78, 5) is 8.06. The van der Waals surface area contributed by atoms with E-state index in [9.17, 15) is 4.39 Å². The van der Waals surface area contributed by atoms with E-state index in [1.807, 2.05) is 0 Å². The molecule has 15 heavy (non-hydrogen) atoms. The molecule has 0 aliphatic carbocycles. The average Bonchev–Trinajstić information content (AvgIpc) is 2.29. The number of hydrogen-bond acceptors (Lipinski definition) is 3. The lowest BCUT2D eigenvalue weighted by atomic mass is 10.2. The smallest absolute Gasteiger partial charge is 0.212 e. The third kappa shape index (κ3) is 2.10. The molecular weight excluding hydrogens is 195 g/mol. The monoisotopic (exact) mass is 204 g/mol. The summed E-state index contributed by atoms with van der Waals surface area (Å²) in [5.41, 5.74) is 1.32. The van der Waals surface area contributed by atoms with Crippen molar-refractivity contribution in [1.29, 1.82) is 0 Å². The van der Waals surface area contributed by atoms with Crippen molar-refractivity contribution in [3.8, 4) is 17.1 Å². The first-order valence-corrected chi connectivity index (χ1v) is 4.41. The molecule has 0 atom stereocenters. The zero-order valence-electron chi connectivity index (χ0n) is 8.14. The van der Waals surface area contributed by atoms with Crippen molar-refractivity contribution in [1.82, 2.24) is 9.97 Å². The van der Waals surface area contributed by atoms with Crippen LogP contribution >= 0.6 is 0 Å². The van der Waals surface area contributed by atoms with Crippen LogP contribution < -0.4 is 4.74 Å². The van der Waals surface area contributed by atoms with E-state index in [1.165, 1.54) is 18.3 Å². The molecule has 0 fully saturated rings. The van der Waals surface area contributed by atoms with E-state index >= 15 is 0 Å². The van der Waals surface area contributed by atoms with Crippen LogP contribution in [0.15, 0.2) is 36.7 Å². The quantitative estimate of drug-likeness (QED) is 0.752. The topological polar surface area (TPSA) is 35.0 Å². The molecule has 4 heteroatoms. The lowest BCUT2D eigenvalue weighted by molar-refractivity contribution is 0.398. The summed E-state index contributed by atoms with van der Waals surface area (Å²) < 4.78 is 17.8. The lowest BCUT2D eigenvalue weighted by Crippen LogP contribution is -1.89. The number of halogens is 1. The number of methoxy groups -OCH3 is 1. The van der Waals surface area contributed by atoms with Crippen LogP contribution in [0.1, 0.15) is 0 Å². The van der Waals surface area contributed by atoms with Crippen molar-refractivity contribution in [2.75, 3.05) is 7.11 Å². The van der Waals surface area contributed by atoms with Gasteiger partial charge in [-0.3, -0.25) is 4.98 Å². The van der Waals surface area contributed by atoms with Crippen LogP contribution in [-0.4, -0.2) is 17.1 Å². The molecule has 0 aromatic carbocycles. The Kier molecular flexibility index (Phi) is 2.58.